The minimum atomic E-state index is -0.0389. The quantitative estimate of drug-likeness (QED) is 0.591. The van der Waals surface area contributed by atoms with Crippen molar-refractivity contribution in [3.8, 4) is 0 Å². The summed E-state index contributed by atoms with van der Waals surface area (Å²) in [6.07, 6.45) is 3.27. The molecular formula is C11H22O5. The second kappa shape index (κ2) is 9.99. The summed E-state index contributed by atoms with van der Waals surface area (Å²) in [5.74, 6) is 0. The molecule has 0 unspecified atom stereocenters. The van der Waals surface area contributed by atoms with E-state index in [1.54, 1.807) is 0 Å². The summed E-state index contributed by atoms with van der Waals surface area (Å²) in [6, 6.07) is 0. The minimum absolute atomic E-state index is 0.0389. The van der Waals surface area contributed by atoms with Crippen molar-refractivity contribution in [3.05, 3.63) is 0 Å². The van der Waals surface area contributed by atoms with Crippen molar-refractivity contribution in [3.63, 3.8) is 0 Å². The molecule has 5 nitrogen and oxygen atoms in total. The van der Waals surface area contributed by atoms with Crippen molar-refractivity contribution in [1.29, 1.82) is 0 Å². The van der Waals surface area contributed by atoms with Crippen LogP contribution in [0.5, 0.6) is 0 Å². The van der Waals surface area contributed by atoms with Gasteiger partial charge in [-0.15, -0.1) is 0 Å². The molecule has 96 valence electrons. The molecule has 1 aliphatic rings. The maximum Gasteiger partial charge on any atom is 0.157 e. The van der Waals surface area contributed by atoms with Crippen molar-refractivity contribution in [2.24, 2.45) is 0 Å². The molecule has 1 saturated heterocycles. The molecule has 1 fully saturated rings. The first-order chi connectivity index (χ1) is 7.93. The number of hydrogen-bond acceptors (Lipinski definition) is 5. The third-order valence-corrected chi connectivity index (χ3v) is 2.28. The molecule has 5 heteroatoms. The number of rotatable bonds is 9. The zero-order valence-electron chi connectivity index (χ0n) is 9.73. The lowest BCUT2D eigenvalue weighted by molar-refractivity contribution is -0.169. The van der Waals surface area contributed by atoms with E-state index in [1.165, 1.54) is 6.42 Å². The largest absolute Gasteiger partial charge is 0.394 e. The molecule has 0 aromatic rings. The predicted octanol–water partition coefficient (Wildman–Crippen LogP) is 0.555. The van der Waals surface area contributed by atoms with Crippen LogP contribution in [-0.2, 0) is 18.9 Å². The molecule has 0 aromatic carbocycles. The average Bonchev–Trinajstić information content (AvgIpc) is 2.34. The molecule has 0 aliphatic carbocycles. The Bertz CT molecular complexity index is 147. The third kappa shape index (κ3) is 7.14. The van der Waals surface area contributed by atoms with E-state index in [-0.39, 0.29) is 12.9 Å². The lowest BCUT2D eigenvalue weighted by Crippen LogP contribution is -2.24. The van der Waals surface area contributed by atoms with Crippen LogP contribution in [0.25, 0.3) is 0 Å². The average molecular weight is 234 g/mol. The van der Waals surface area contributed by atoms with Crippen molar-refractivity contribution in [2.45, 2.75) is 25.6 Å². The highest BCUT2D eigenvalue weighted by atomic mass is 16.7. The number of aliphatic hydroxyl groups is 1. The summed E-state index contributed by atoms with van der Waals surface area (Å²) in [6.45, 7) is 3.40. The molecule has 0 bridgehead atoms. The van der Waals surface area contributed by atoms with Crippen LogP contribution in [0.15, 0.2) is 0 Å². The predicted molar refractivity (Wildman–Crippen MR) is 58.3 cm³/mol. The standard InChI is InChI=1S/C11H22O5/c12-4-6-13-7-8-14-9-10-16-11-3-1-2-5-15-11/h11-12H,1-10H2/t11-/m0/s1. The van der Waals surface area contributed by atoms with Crippen LogP contribution >= 0.6 is 0 Å². The molecule has 16 heavy (non-hydrogen) atoms. The normalized spacial score (nSPS) is 21.2. The van der Waals surface area contributed by atoms with Crippen LogP contribution < -0.4 is 0 Å². The van der Waals surface area contributed by atoms with E-state index >= 15 is 0 Å². The van der Waals surface area contributed by atoms with Crippen LogP contribution in [0.2, 0.25) is 0 Å². The van der Waals surface area contributed by atoms with E-state index in [0.717, 1.165) is 19.4 Å². The van der Waals surface area contributed by atoms with Gasteiger partial charge in [0.15, 0.2) is 6.29 Å². The first-order valence-electron chi connectivity index (χ1n) is 5.93. The van der Waals surface area contributed by atoms with Crippen molar-refractivity contribution in [2.75, 3.05) is 46.2 Å². The Hall–Kier alpha value is -0.200. The molecule has 0 amide bonds. The second-order valence-corrected chi connectivity index (χ2v) is 3.62. The number of hydrogen-bond donors (Lipinski definition) is 1. The van der Waals surface area contributed by atoms with Gasteiger partial charge in [0.1, 0.15) is 0 Å². The molecular weight excluding hydrogens is 212 g/mol. The summed E-state index contributed by atoms with van der Waals surface area (Å²) < 4.78 is 21.2. The summed E-state index contributed by atoms with van der Waals surface area (Å²) in [5, 5.41) is 8.45. The van der Waals surface area contributed by atoms with Gasteiger partial charge < -0.3 is 24.1 Å². The van der Waals surface area contributed by atoms with Crippen molar-refractivity contribution >= 4 is 0 Å². The van der Waals surface area contributed by atoms with Crippen LogP contribution in [0.1, 0.15) is 19.3 Å². The third-order valence-electron chi connectivity index (χ3n) is 2.28. The van der Waals surface area contributed by atoms with Gasteiger partial charge in [0, 0.05) is 6.61 Å². The zero-order chi connectivity index (χ0) is 11.5. The Kier molecular flexibility index (Phi) is 8.65. The molecule has 1 atom stereocenters. The lowest BCUT2D eigenvalue weighted by atomic mass is 10.2. The Morgan fingerprint density at radius 2 is 1.75 bits per heavy atom. The lowest BCUT2D eigenvalue weighted by Gasteiger charge is -2.22. The Balaban J connectivity index is 1.77. The van der Waals surface area contributed by atoms with Crippen molar-refractivity contribution in [1.82, 2.24) is 0 Å². The highest BCUT2D eigenvalue weighted by molar-refractivity contribution is 4.53. The Morgan fingerprint density at radius 1 is 1.00 bits per heavy atom. The molecule has 0 radical (unpaired) electrons. The molecule has 0 saturated carbocycles. The monoisotopic (exact) mass is 234 g/mol. The van der Waals surface area contributed by atoms with Crippen molar-refractivity contribution < 1.29 is 24.1 Å². The van der Waals surface area contributed by atoms with Crippen LogP contribution in [0, 0.1) is 0 Å². The van der Waals surface area contributed by atoms with Gasteiger partial charge in [0.2, 0.25) is 0 Å². The number of aliphatic hydroxyl groups excluding tert-OH is 1. The van der Waals surface area contributed by atoms with Gasteiger partial charge in [0.25, 0.3) is 0 Å². The fourth-order valence-electron chi connectivity index (χ4n) is 1.47. The van der Waals surface area contributed by atoms with Gasteiger partial charge in [0.05, 0.1) is 39.6 Å². The molecule has 0 spiro atoms. The van der Waals surface area contributed by atoms with Gasteiger partial charge in [-0.05, 0) is 19.3 Å². The Morgan fingerprint density at radius 3 is 2.44 bits per heavy atom. The maximum absolute atomic E-state index is 8.45. The second-order valence-electron chi connectivity index (χ2n) is 3.62. The molecule has 1 heterocycles. The van der Waals surface area contributed by atoms with Gasteiger partial charge in [-0.2, -0.15) is 0 Å². The van der Waals surface area contributed by atoms with Crippen LogP contribution in [0.3, 0.4) is 0 Å². The fraction of sp³-hybridized carbons (Fsp3) is 1.00. The molecule has 1 aliphatic heterocycles. The Labute approximate surface area is 96.6 Å². The van der Waals surface area contributed by atoms with Gasteiger partial charge in [-0.25, -0.2) is 0 Å². The molecule has 0 aromatic heterocycles. The zero-order valence-corrected chi connectivity index (χ0v) is 9.73. The highest BCUT2D eigenvalue weighted by Crippen LogP contribution is 2.13. The SMILES string of the molecule is OCCOCCOCCO[C@H]1CCCCO1. The van der Waals surface area contributed by atoms with Crippen LogP contribution in [0.4, 0.5) is 0 Å². The first kappa shape index (κ1) is 13.9. The summed E-state index contributed by atoms with van der Waals surface area (Å²) in [4.78, 5) is 0. The first-order valence-corrected chi connectivity index (χ1v) is 5.93. The van der Waals surface area contributed by atoms with E-state index in [2.05, 4.69) is 0 Å². The summed E-state index contributed by atoms with van der Waals surface area (Å²) in [5.41, 5.74) is 0. The van der Waals surface area contributed by atoms with E-state index < -0.39 is 0 Å². The van der Waals surface area contributed by atoms with E-state index in [4.69, 9.17) is 24.1 Å². The van der Waals surface area contributed by atoms with Crippen LogP contribution in [-0.4, -0.2) is 57.6 Å². The molecule has 1 N–H and O–H groups in total. The maximum atomic E-state index is 8.45. The minimum Gasteiger partial charge on any atom is -0.394 e. The summed E-state index contributed by atoms with van der Waals surface area (Å²) in [7, 11) is 0. The topological polar surface area (TPSA) is 57.2 Å². The summed E-state index contributed by atoms with van der Waals surface area (Å²) >= 11 is 0. The number of ether oxygens (including phenoxy) is 4. The fourth-order valence-corrected chi connectivity index (χ4v) is 1.47. The smallest absolute Gasteiger partial charge is 0.157 e. The van der Waals surface area contributed by atoms with Gasteiger partial charge >= 0.3 is 0 Å². The van der Waals surface area contributed by atoms with E-state index in [1.807, 2.05) is 0 Å². The van der Waals surface area contributed by atoms with Gasteiger partial charge in [-0.3, -0.25) is 0 Å². The van der Waals surface area contributed by atoms with Gasteiger partial charge in [-0.1, -0.05) is 0 Å². The van der Waals surface area contributed by atoms with E-state index in [9.17, 15) is 0 Å². The van der Waals surface area contributed by atoms with E-state index in [0.29, 0.717) is 33.0 Å². The highest BCUT2D eigenvalue weighted by Gasteiger charge is 2.13. The molecule has 1 rings (SSSR count).